The molecule has 116 valence electrons. The molecular weight excluding hydrogens is 266 g/mol. The van der Waals surface area contributed by atoms with Crippen molar-refractivity contribution in [3.63, 3.8) is 0 Å². The predicted molar refractivity (Wildman–Crippen MR) is 78.3 cm³/mol. The van der Waals surface area contributed by atoms with Crippen LogP contribution in [-0.2, 0) is 4.79 Å². The monoisotopic (exact) mass is 291 g/mol. The first-order chi connectivity index (χ1) is 10.1. The van der Waals surface area contributed by atoms with Crippen LogP contribution in [0, 0.1) is 23.7 Å². The number of likely N-dealkylation sites (tertiary alicyclic amines) is 1. The van der Waals surface area contributed by atoms with Crippen molar-refractivity contribution in [3.05, 3.63) is 0 Å². The molecule has 0 spiro atoms. The van der Waals surface area contributed by atoms with Gasteiger partial charge >= 0.3 is 6.03 Å². The maximum atomic E-state index is 12.4. The van der Waals surface area contributed by atoms with Gasteiger partial charge in [-0.05, 0) is 49.9 Å². The number of fused-ring (bicyclic) bond motifs is 1. The Morgan fingerprint density at radius 1 is 1.14 bits per heavy atom. The lowest BCUT2D eigenvalue weighted by atomic mass is 9.71. The highest BCUT2D eigenvalue weighted by Gasteiger charge is 2.50. The van der Waals surface area contributed by atoms with E-state index in [-0.39, 0.29) is 23.9 Å². The molecule has 5 heteroatoms. The van der Waals surface area contributed by atoms with Crippen molar-refractivity contribution in [2.24, 2.45) is 29.4 Å². The number of hydrogen-bond donors (Lipinski definition) is 2. The average molecular weight is 291 g/mol. The number of nitrogens with zero attached hydrogens (tertiary/aromatic N) is 1. The second-order valence-electron chi connectivity index (χ2n) is 7.60. The third kappa shape index (κ3) is 2.40. The summed E-state index contributed by atoms with van der Waals surface area (Å²) in [4.78, 5) is 25.7. The van der Waals surface area contributed by atoms with Crippen LogP contribution in [0.5, 0.6) is 0 Å². The van der Waals surface area contributed by atoms with Crippen molar-refractivity contribution in [3.8, 4) is 0 Å². The van der Waals surface area contributed by atoms with Crippen LogP contribution in [0.15, 0.2) is 0 Å². The molecule has 21 heavy (non-hydrogen) atoms. The number of nitrogens with two attached hydrogens (primary N) is 1. The topological polar surface area (TPSA) is 75.4 Å². The lowest BCUT2D eigenvalue weighted by molar-refractivity contribution is -0.121. The minimum absolute atomic E-state index is 0.0357. The van der Waals surface area contributed by atoms with Crippen molar-refractivity contribution < 1.29 is 9.59 Å². The highest BCUT2D eigenvalue weighted by Crippen LogP contribution is 2.49. The highest BCUT2D eigenvalue weighted by molar-refractivity contribution is 5.78. The molecule has 1 heterocycles. The van der Waals surface area contributed by atoms with E-state index in [1.165, 1.54) is 25.7 Å². The smallest absolute Gasteiger partial charge is 0.317 e. The zero-order chi connectivity index (χ0) is 14.6. The standard InChI is InChI=1S/C16H25N3O2/c17-15(20)11-6-10-8-14(13(10)7-11)18-16(21)19-4-3-12(19)5-9-1-2-9/h9-14H,1-8H2,(H2,17,20)(H,18,21). The van der Waals surface area contributed by atoms with Crippen LogP contribution in [0.3, 0.4) is 0 Å². The van der Waals surface area contributed by atoms with E-state index in [0.717, 1.165) is 31.7 Å². The van der Waals surface area contributed by atoms with Gasteiger partial charge in [0.1, 0.15) is 0 Å². The minimum Gasteiger partial charge on any atom is -0.369 e. The second kappa shape index (κ2) is 4.89. The van der Waals surface area contributed by atoms with Gasteiger partial charge in [-0.25, -0.2) is 4.79 Å². The molecule has 4 aliphatic rings. The predicted octanol–water partition coefficient (Wildman–Crippen LogP) is 1.47. The molecule has 3 amide bonds. The Labute approximate surface area is 125 Å². The van der Waals surface area contributed by atoms with Gasteiger partial charge in [-0.3, -0.25) is 4.79 Å². The lowest BCUT2D eigenvalue weighted by Crippen LogP contribution is -2.60. The van der Waals surface area contributed by atoms with E-state index >= 15 is 0 Å². The van der Waals surface area contributed by atoms with Crippen molar-refractivity contribution in [1.29, 1.82) is 0 Å². The Morgan fingerprint density at radius 3 is 2.57 bits per heavy atom. The van der Waals surface area contributed by atoms with Crippen molar-refractivity contribution in [2.45, 2.75) is 57.0 Å². The zero-order valence-electron chi connectivity index (χ0n) is 12.5. The van der Waals surface area contributed by atoms with Gasteiger partial charge in [0.15, 0.2) is 0 Å². The summed E-state index contributed by atoms with van der Waals surface area (Å²) in [5.74, 6) is 1.83. The summed E-state index contributed by atoms with van der Waals surface area (Å²) in [6.07, 6.45) is 7.91. The number of hydrogen-bond acceptors (Lipinski definition) is 2. The molecule has 0 aromatic carbocycles. The van der Waals surface area contributed by atoms with E-state index in [2.05, 4.69) is 5.32 Å². The Bertz CT molecular complexity index is 462. The van der Waals surface area contributed by atoms with Gasteiger partial charge in [0.2, 0.25) is 5.91 Å². The molecular formula is C16H25N3O2. The number of urea groups is 1. The van der Waals surface area contributed by atoms with Gasteiger partial charge < -0.3 is 16.0 Å². The Kier molecular flexibility index (Phi) is 3.12. The van der Waals surface area contributed by atoms with E-state index < -0.39 is 0 Å². The summed E-state index contributed by atoms with van der Waals surface area (Å²) in [6.45, 7) is 0.911. The molecule has 5 atom stereocenters. The minimum atomic E-state index is -0.165. The third-order valence-electron chi connectivity index (χ3n) is 6.24. The second-order valence-corrected chi connectivity index (χ2v) is 7.60. The van der Waals surface area contributed by atoms with Gasteiger partial charge in [-0.15, -0.1) is 0 Å². The molecule has 3 N–H and O–H groups in total. The fourth-order valence-corrected chi connectivity index (χ4v) is 4.56. The number of primary amides is 1. The molecule has 0 bridgehead atoms. The molecule has 5 nitrogen and oxygen atoms in total. The average Bonchev–Trinajstić information content (AvgIpc) is 3.14. The highest BCUT2D eigenvalue weighted by atomic mass is 16.2. The molecule has 3 saturated carbocycles. The molecule has 0 aromatic heterocycles. The van der Waals surface area contributed by atoms with E-state index in [4.69, 9.17) is 5.73 Å². The van der Waals surface area contributed by atoms with Crippen LogP contribution in [0.2, 0.25) is 0 Å². The van der Waals surface area contributed by atoms with Crippen LogP contribution in [0.4, 0.5) is 4.79 Å². The number of carbonyl (C=O) groups is 2. The largest absolute Gasteiger partial charge is 0.369 e. The van der Waals surface area contributed by atoms with Gasteiger partial charge in [-0.1, -0.05) is 12.8 Å². The van der Waals surface area contributed by atoms with Gasteiger partial charge in [0, 0.05) is 24.5 Å². The number of carbonyl (C=O) groups excluding carboxylic acids is 2. The summed E-state index contributed by atoms with van der Waals surface area (Å²) in [7, 11) is 0. The van der Waals surface area contributed by atoms with E-state index in [1.54, 1.807) is 0 Å². The Morgan fingerprint density at radius 2 is 1.95 bits per heavy atom. The van der Waals surface area contributed by atoms with Gasteiger partial charge in [0.25, 0.3) is 0 Å². The van der Waals surface area contributed by atoms with Crippen LogP contribution >= 0.6 is 0 Å². The summed E-state index contributed by atoms with van der Waals surface area (Å²) >= 11 is 0. The maximum Gasteiger partial charge on any atom is 0.317 e. The summed E-state index contributed by atoms with van der Waals surface area (Å²) < 4.78 is 0. The molecule has 4 fully saturated rings. The lowest BCUT2D eigenvalue weighted by Gasteiger charge is -2.46. The van der Waals surface area contributed by atoms with Crippen molar-refractivity contribution >= 4 is 11.9 Å². The number of amides is 3. The van der Waals surface area contributed by atoms with Crippen LogP contribution in [-0.4, -0.2) is 35.5 Å². The molecule has 0 aromatic rings. The molecule has 5 unspecified atom stereocenters. The molecule has 0 radical (unpaired) electrons. The quantitative estimate of drug-likeness (QED) is 0.823. The van der Waals surface area contributed by atoms with Crippen LogP contribution < -0.4 is 11.1 Å². The zero-order valence-corrected chi connectivity index (χ0v) is 12.5. The van der Waals surface area contributed by atoms with Gasteiger partial charge in [-0.2, -0.15) is 0 Å². The fraction of sp³-hybridized carbons (Fsp3) is 0.875. The molecule has 3 aliphatic carbocycles. The van der Waals surface area contributed by atoms with E-state index in [0.29, 0.717) is 17.9 Å². The fourth-order valence-electron chi connectivity index (χ4n) is 4.56. The Balaban J connectivity index is 1.27. The van der Waals surface area contributed by atoms with Crippen LogP contribution in [0.25, 0.3) is 0 Å². The van der Waals surface area contributed by atoms with Crippen molar-refractivity contribution in [2.75, 3.05) is 6.54 Å². The molecule has 1 aliphatic heterocycles. The SMILES string of the molecule is NC(=O)C1CC2CC(NC(=O)N3CCC3CC3CC3)C2C1. The maximum absolute atomic E-state index is 12.4. The van der Waals surface area contributed by atoms with E-state index in [9.17, 15) is 9.59 Å². The summed E-state index contributed by atoms with van der Waals surface area (Å²) in [5, 5.41) is 3.21. The number of nitrogens with one attached hydrogen (secondary N) is 1. The third-order valence-corrected chi connectivity index (χ3v) is 6.24. The Hall–Kier alpha value is -1.26. The van der Waals surface area contributed by atoms with Gasteiger partial charge in [0.05, 0.1) is 0 Å². The summed E-state index contributed by atoms with van der Waals surface area (Å²) in [6, 6.07) is 0.877. The summed E-state index contributed by atoms with van der Waals surface area (Å²) in [5.41, 5.74) is 5.41. The number of rotatable bonds is 4. The van der Waals surface area contributed by atoms with E-state index in [1.807, 2.05) is 4.90 Å². The first-order valence-electron chi connectivity index (χ1n) is 8.48. The first-order valence-corrected chi connectivity index (χ1v) is 8.48. The first kappa shape index (κ1) is 13.4. The molecule has 1 saturated heterocycles. The normalized spacial score (nSPS) is 41.0. The molecule has 4 rings (SSSR count). The van der Waals surface area contributed by atoms with Crippen LogP contribution in [0.1, 0.15) is 44.9 Å². The van der Waals surface area contributed by atoms with Crippen molar-refractivity contribution in [1.82, 2.24) is 10.2 Å².